The van der Waals surface area contributed by atoms with Gasteiger partial charge < -0.3 is 29.4 Å². The second-order valence-electron chi connectivity index (χ2n) is 7.22. The molecule has 0 saturated carbocycles. The minimum atomic E-state index is -0.787. The average Bonchev–Trinajstić information content (AvgIpc) is 3.54. The fourth-order valence-electron chi connectivity index (χ4n) is 3.59. The highest BCUT2D eigenvalue weighted by Crippen LogP contribution is 2.30. The number of hydrogen-bond acceptors (Lipinski definition) is 7. The van der Waals surface area contributed by atoms with E-state index >= 15 is 0 Å². The third-order valence-electron chi connectivity index (χ3n) is 5.16. The molecule has 0 saturated heterocycles. The zero-order valence-corrected chi connectivity index (χ0v) is 19.4. The summed E-state index contributed by atoms with van der Waals surface area (Å²) in [6, 6.07) is 11.2. The second kappa shape index (κ2) is 10.3. The molecule has 3 heterocycles. The first kappa shape index (κ1) is 23.1. The molecule has 4 rings (SSSR count). The Morgan fingerprint density at radius 2 is 1.79 bits per heavy atom. The van der Waals surface area contributed by atoms with Gasteiger partial charge in [0, 0.05) is 12.4 Å². The molecule has 1 atom stereocenters. The Balaban J connectivity index is 1.62. The van der Waals surface area contributed by atoms with Crippen LogP contribution in [0.4, 0.5) is 4.79 Å². The van der Waals surface area contributed by atoms with E-state index in [2.05, 4.69) is 10.6 Å². The van der Waals surface area contributed by atoms with E-state index < -0.39 is 24.0 Å². The highest BCUT2D eigenvalue weighted by molar-refractivity contribution is 7.12. The first-order chi connectivity index (χ1) is 16.5. The second-order valence-corrected chi connectivity index (χ2v) is 8.13. The van der Waals surface area contributed by atoms with Crippen LogP contribution in [0.25, 0.3) is 5.69 Å². The summed E-state index contributed by atoms with van der Waals surface area (Å²) in [7, 11) is 1.55. The summed E-state index contributed by atoms with van der Waals surface area (Å²) in [6.45, 7) is 1.53. The number of hydrogen-bond donors (Lipinski definition) is 2. The maximum Gasteiger partial charge on any atom is 0.350 e. The van der Waals surface area contributed by atoms with Gasteiger partial charge in [-0.3, -0.25) is 0 Å². The molecule has 2 N–H and O–H groups in total. The van der Waals surface area contributed by atoms with Crippen molar-refractivity contribution >= 4 is 29.3 Å². The first-order valence-corrected chi connectivity index (χ1v) is 11.4. The van der Waals surface area contributed by atoms with Gasteiger partial charge in [0.1, 0.15) is 17.2 Å². The number of amides is 2. The number of aromatic nitrogens is 1. The highest BCUT2D eigenvalue weighted by atomic mass is 32.1. The molecule has 0 radical (unpaired) electrons. The van der Waals surface area contributed by atoms with Crippen molar-refractivity contribution in [1.29, 1.82) is 0 Å². The van der Waals surface area contributed by atoms with E-state index in [0.29, 0.717) is 21.9 Å². The van der Waals surface area contributed by atoms with Crippen LogP contribution in [-0.2, 0) is 14.3 Å². The molecule has 10 heteroatoms. The van der Waals surface area contributed by atoms with E-state index in [1.54, 1.807) is 43.7 Å². The Hall–Kier alpha value is -4.05. The lowest BCUT2D eigenvalue weighted by molar-refractivity contribution is -0.139. The van der Waals surface area contributed by atoms with Crippen molar-refractivity contribution in [3.8, 4) is 11.4 Å². The van der Waals surface area contributed by atoms with Crippen LogP contribution in [0.5, 0.6) is 5.75 Å². The molecule has 176 valence electrons. The number of urea groups is 1. The van der Waals surface area contributed by atoms with Crippen molar-refractivity contribution < 1.29 is 28.6 Å². The summed E-state index contributed by atoms with van der Waals surface area (Å²) in [6.07, 6.45) is 3.65. The smallest absolute Gasteiger partial charge is 0.350 e. The van der Waals surface area contributed by atoms with Gasteiger partial charge in [-0.05, 0) is 48.2 Å². The maximum atomic E-state index is 12.9. The zero-order chi connectivity index (χ0) is 24.1. The largest absolute Gasteiger partial charge is 0.497 e. The summed E-state index contributed by atoms with van der Waals surface area (Å²) in [5.74, 6) is -0.552. The van der Waals surface area contributed by atoms with Gasteiger partial charge >= 0.3 is 18.0 Å². The van der Waals surface area contributed by atoms with E-state index in [4.69, 9.17) is 14.2 Å². The molecule has 1 aliphatic heterocycles. The topological polar surface area (TPSA) is 108 Å². The Kier molecular flexibility index (Phi) is 6.98. The number of thiophene rings is 1. The fraction of sp³-hybridized carbons (Fsp3) is 0.208. The number of methoxy groups -OCH3 is 1. The fourth-order valence-corrected chi connectivity index (χ4v) is 4.37. The highest BCUT2D eigenvalue weighted by Gasteiger charge is 2.34. The average molecular weight is 482 g/mol. The predicted octanol–water partition coefficient (Wildman–Crippen LogP) is 3.58. The van der Waals surface area contributed by atoms with E-state index in [1.165, 1.54) is 11.3 Å². The van der Waals surface area contributed by atoms with Gasteiger partial charge in [0.05, 0.1) is 36.7 Å². The van der Waals surface area contributed by atoms with Gasteiger partial charge in [-0.1, -0.05) is 12.1 Å². The summed E-state index contributed by atoms with van der Waals surface area (Å²) in [5, 5.41) is 7.13. The molecule has 1 aromatic carbocycles. The molecule has 0 unspecified atom stereocenters. The van der Waals surface area contributed by atoms with Crippen LogP contribution < -0.4 is 15.4 Å². The van der Waals surface area contributed by atoms with Crippen LogP contribution in [0.2, 0.25) is 0 Å². The van der Waals surface area contributed by atoms with Gasteiger partial charge in [-0.15, -0.1) is 11.3 Å². The van der Waals surface area contributed by atoms with E-state index in [0.717, 1.165) is 0 Å². The van der Waals surface area contributed by atoms with Crippen LogP contribution in [0.1, 0.15) is 28.2 Å². The molecule has 0 spiro atoms. The van der Waals surface area contributed by atoms with Crippen LogP contribution in [-0.4, -0.2) is 42.9 Å². The van der Waals surface area contributed by atoms with Crippen molar-refractivity contribution in [3.63, 3.8) is 0 Å². The molecular weight excluding hydrogens is 458 g/mol. The lowest BCUT2D eigenvalue weighted by Crippen LogP contribution is -2.47. The van der Waals surface area contributed by atoms with Crippen LogP contribution in [0.3, 0.4) is 0 Å². The van der Waals surface area contributed by atoms with Crippen molar-refractivity contribution in [3.05, 3.63) is 81.9 Å². The number of carbonyl (C=O) groups is 3. The van der Waals surface area contributed by atoms with Gasteiger partial charge in [-0.25, -0.2) is 14.4 Å². The molecule has 3 aromatic rings. The van der Waals surface area contributed by atoms with Gasteiger partial charge in [0.15, 0.2) is 0 Å². The molecule has 2 aromatic heterocycles. The van der Waals surface area contributed by atoms with Crippen LogP contribution in [0, 0.1) is 0 Å². The van der Waals surface area contributed by atoms with Crippen LogP contribution in [0.15, 0.2) is 71.5 Å². The summed E-state index contributed by atoms with van der Waals surface area (Å²) >= 11 is 1.24. The third-order valence-corrected chi connectivity index (χ3v) is 6.04. The van der Waals surface area contributed by atoms with Crippen molar-refractivity contribution in [2.24, 2.45) is 0 Å². The normalized spacial score (nSPS) is 15.4. The van der Waals surface area contributed by atoms with Crippen molar-refractivity contribution in [2.45, 2.75) is 13.0 Å². The van der Waals surface area contributed by atoms with Crippen LogP contribution >= 0.6 is 11.3 Å². The molecule has 0 aliphatic carbocycles. The maximum absolute atomic E-state index is 12.9. The molecule has 34 heavy (non-hydrogen) atoms. The number of esters is 2. The summed E-state index contributed by atoms with van der Waals surface area (Å²) in [5.41, 5.74) is 1.66. The number of carbonyl (C=O) groups excluding carboxylic acids is 3. The molecular formula is C24H23N3O6S. The molecule has 0 bridgehead atoms. The number of benzene rings is 1. The Morgan fingerprint density at radius 1 is 1.06 bits per heavy atom. The third kappa shape index (κ3) is 4.81. The van der Waals surface area contributed by atoms with Gasteiger partial charge in [-0.2, -0.15) is 0 Å². The van der Waals surface area contributed by atoms with Crippen molar-refractivity contribution in [2.75, 3.05) is 20.3 Å². The Morgan fingerprint density at radius 3 is 2.47 bits per heavy atom. The minimum absolute atomic E-state index is 0.147. The Bertz CT molecular complexity index is 1210. The van der Waals surface area contributed by atoms with E-state index in [9.17, 15) is 14.4 Å². The SMILES string of the molecule is CCOC(=O)C1=C(COC(=O)c2sccc2-n2cccc2)NC(=O)N[C@H]1c1ccc(OC)cc1. The monoisotopic (exact) mass is 481 g/mol. The number of ether oxygens (including phenoxy) is 3. The molecule has 9 nitrogen and oxygen atoms in total. The molecule has 2 amide bonds. The first-order valence-electron chi connectivity index (χ1n) is 10.5. The Labute approximate surface area is 199 Å². The molecule has 1 aliphatic rings. The van der Waals surface area contributed by atoms with E-state index in [1.807, 2.05) is 35.2 Å². The quantitative estimate of drug-likeness (QED) is 0.476. The lowest BCUT2D eigenvalue weighted by Gasteiger charge is -2.29. The summed E-state index contributed by atoms with van der Waals surface area (Å²) in [4.78, 5) is 38.5. The van der Waals surface area contributed by atoms with E-state index in [-0.39, 0.29) is 24.5 Å². The van der Waals surface area contributed by atoms with Gasteiger partial charge in [0.25, 0.3) is 0 Å². The number of nitrogens with one attached hydrogen (secondary N) is 2. The van der Waals surface area contributed by atoms with Gasteiger partial charge in [0.2, 0.25) is 0 Å². The predicted molar refractivity (Wildman–Crippen MR) is 125 cm³/mol. The van der Waals surface area contributed by atoms with Crippen molar-refractivity contribution in [1.82, 2.24) is 15.2 Å². The zero-order valence-electron chi connectivity index (χ0n) is 18.6. The summed E-state index contributed by atoms with van der Waals surface area (Å²) < 4.78 is 17.8. The minimum Gasteiger partial charge on any atom is -0.497 e. The molecule has 0 fully saturated rings. The number of rotatable bonds is 8. The standard InChI is InChI=1S/C24H23N3O6S/c1-3-32-22(28)19-17(25-24(30)26-20(19)15-6-8-16(31-2)9-7-15)14-33-23(29)21-18(10-13-34-21)27-11-4-5-12-27/h4-13,20H,3,14H2,1-2H3,(H2,25,26,30)/t20-/m0/s1. The lowest BCUT2D eigenvalue weighted by atomic mass is 9.95. The number of nitrogens with zero attached hydrogens (tertiary/aromatic N) is 1.